The molecule has 1 N–H and O–H groups in total. The second-order valence-electron chi connectivity index (χ2n) is 5.91. The summed E-state index contributed by atoms with van der Waals surface area (Å²) in [5.41, 5.74) is 1.63. The molecule has 6 nitrogen and oxygen atoms in total. The van der Waals surface area contributed by atoms with Crippen LogP contribution in [0.25, 0.3) is 0 Å². The second kappa shape index (κ2) is 8.89. The molecule has 0 aliphatic carbocycles. The molecule has 0 radical (unpaired) electrons. The Kier molecular flexibility index (Phi) is 6.09. The average molecular weight is 355 g/mol. The van der Waals surface area contributed by atoms with E-state index in [4.69, 9.17) is 14.2 Å². The Morgan fingerprint density at radius 2 is 1.77 bits per heavy atom. The standard InChI is InChI=1S/C20H21NO5/c22-19(14-26-20(23)10-7-15-5-2-1-3-6-15)21-16-8-9-17-18(13-16)25-12-4-11-24-17/h1-3,5-6,8-9,13H,4,7,10-12,14H2,(H,21,22). The molecule has 2 aromatic carbocycles. The van der Waals surface area contributed by atoms with Crippen LogP contribution in [0.2, 0.25) is 0 Å². The monoisotopic (exact) mass is 355 g/mol. The highest BCUT2D eigenvalue weighted by atomic mass is 16.5. The van der Waals surface area contributed by atoms with Gasteiger partial charge in [-0.3, -0.25) is 9.59 Å². The summed E-state index contributed by atoms with van der Waals surface area (Å²) in [6.45, 7) is 0.864. The Morgan fingerprint density at radius 1 is 1.00 bits per heavy atom. The molecule has 0 saturated carbocycles. The molecule has 0 bridgehead atoms. The van der Waals surface area contributed by atoms with Crippen LogP contribution in [0.3, 0.4) is 0 Å². The van der Waals surface area contributed by atoms with Gasteiger partial charge < -0.3 is 19.5 Å². The zero-order chi connectivity index (χ0) is 18.2. The van der Waals surface area contributed by atoms with Crippen LogP contribution >= 0.6 is 0 Å². The highest BCUT2D eigenvalue weighted by molar-refractivity contribution is 5.93. The fourth-order valence-electron chi connectivity index (χ4n) is 2.55. The minimum absolute atomic E-state index is 0.237. The van der Waals surface area contributed by atoms with Crippen molar-refractivity contribution in [3.8, 4) is 11.5 Å². The van der Waals surface area contributed by atoms with Crippen molar-refractivity contribution >= 4 is 17.6 Å². The van der Waals surface area contributed by atoms with Crippen LogP contribution in [0.5, 0.6) is 11.5 Å². The van der Waals surface area contributed by atoms with Crippen molar-refractivity contribution in [1.82, 2.24) is 0 Å². The van der Waals surface area contributed by atoms with E-state index in [1.165, 1.54) is 0 Å². The molecule has 26 heavy (non-hydrogen) atoms. The number of rotatable bonds is 6. The third-order valence-corrected chi connectivity index (χ3v) is 3.86. The van der Waals surface area contributed by atoms with Crippen LogP contribution < -0.4 is 14.8 Å². The topological polar surface area (TPSA) is 73.9 Å². The molecule has 1 amide bonds. The van der Waals surface area contributed by atoms with Crippen molar-refractivity contribution in [2.24, 2.45) is 0 Å². The van der Waals surface area contributed by atoms with Crippen molar-refractivity contribution in [3.05, 3.63) is 54.1 Å². The molecule has 0 unspecified atom stereocenters. The van der Waals surface area contributed by atoms with Crippen molar-refractivity contribution in [3.63, 3.8) is 0 Å². The zero-order valence-corrected chi connectivity index (χ0v) is 14.4. The third kappa shape index (κ3) is 5.24. The summed E-state index contributed by atoms with van der Waals surface area (Å²) in [6.07, 6.45) is 1.64. The molecule has 6 heteroatoms. The summed E-state index contributed by atoms with van der Waals surface area (Å²) < 4.78 is 16.1. The van der Waals surface area contributed by atoms with Gasteiger partial charge in [-0.1, -0.05) is 30.3 Å². The van der Waals surface area contributed by atoms with E-state index in [2.05, 4.69) is 5.32 Å². The number of ether oxygens (including phenoxy) is 3. The van der Waals surface area contributed by atoms with Crippen LogP contribution in [-0.2, 0) is 20.7 Å². The summed E-state index contributed by atoms with van der Waals surface area (Å²) in [5, 5.41) is 2.69. The van der Waals surface area contributed by atoms with Gasteiger partial charge >= 0.3 is 5.97 Å². The molecule has 0 atom stereocenters. The number of esters is 1. The van der Waals surface area contributed by atoms with Crippen LogP contribution in [0.1, 0.15) is 18.4 Å². The predicted octanol–water partition coefficient (Wildman–Crippen LogP) is 2.96. The van der Waals surface area contributed by atoms with E-state index in [-0.39, 0.29) is 13.0 Å². The van der Waals surface area contributed by atoms with Gasteiger partial charge in [0.05, 0.1) is 13.2 Å². The van der Waals surface area contributed by atoms with E-state index >= 15 is 0 Å². The number of fused-ring (bicyclic) bond motifs is 1. The molecule has 1 aliphatic rings. The van der Waals surface area contributed by atoms with Crippen molar-refractivity contribution in [1.29, 1.82) is 0 Å². The van der Waals surface area contributed by atoms with E-state index in [9.17, 15) is 9.59 Å². The Hall–Kier alpha value is -3.02. The Bertz CT molecular complexity index is 760. The quantitative estimate of drug-likeness (QED) is 0.807. The maximum atomic E-state index is 12.0. The van der Waals surface area contributed by atoms with Crippen LogP contribution in [0.4, 0.5) is 5.69 Å². The van der Waals surface area contributed by atoms with Gasteiger partial charge in [0, 0.05) is 24.6 Å². The molecule has 2 aromatic rings. The van der Waals surface area contributed by atoms with Crippen molar-refractivity contribution in [2.45, 2.75) is 19.3 Å². The first-order chi connectivity index (χ1) is 12.7. The number of amides is 1. The van der Waals surface area contributed by atoms with Gasteiger partial charge in [-0.15, -0.1) is 0 Å². The lowest BCUT2D eigenvalue weighted by molar-refractivity contribution is -0.147. The maximum Gasteiger partial charge on any atom is 0.306 e. The molecule has 1 aliphatic heterocycles. The molecule has 0 saturated heterocycles. The number of hydrogen-bond acceptors (Lipinski definition) is 5. The lowest BCUT2D eigenvalue weighted by atomic mass is 10.1. The summed E-state index contributed by atoms with van der Waals surface area (Å²) in [6, 6.07) is 14.8. The minimum Gasteiger partial charge on any atom is -0.490 e. The van der Waals surface area contributed by atoms with E-state index < -0.39 is 11.9 Å². The second-order valence-corrected chi connectivity index (χ2v) is 5.91. The summed E-state index contributed by atoms with van der Waals surface area (Å²) >= 11 is 0. The molecule has 0 fully saturated rings. The first kappa shape index (κ1) is 17.8. The van der Waals surface area contributed by atoms with Crippen molar-refractivity contribution in [2.75, 3.05) is 25.1 Å². The maximum absolute atomic E-state index is 12.0. The smallest absolute Gasteiger partial charge is 0.306 e. The first-order valence-electron chi connectivity index (χ1n) is 8.60. The molecule has 136 valence electrons. The van der Waals surface area contributed by atoms with Crippen LogP contribution in [0, 0.1) is 0 Å². The van der Waals surface area contributed by atoms with E-state index in [1.807, 2.05) is 30.3 Å². The first-order valence-corrected chi connectivity index (χ1v) is 8.60. The van der Waals surface area contributed by atoms with Gasteiger partial charge in [0.25, 0.3) is 5.91 Å². The number of carbonyl (C=O) groups is 2. The van der Waals surface area contributed by atoms with E-state index in [0.29, 0.717) is 36.8 Å². The van der Waals surface area contributed by atoms with Gasteiger partial charge in [0.2, 0.25) is 0 Å². The molecule has 3 rings (SSSR count). The van der Waals surface area contributed by atoms with E-state index in [1.54, 1.807) is 18.2 Å². The molecule has 0 spiro atoms. The lowest BCUT2D eigenvalue weighted by Crippen LogP contribution is -2.21. The van der Waals surface area contributed by atoms with Crippen LogP contribution in [0.15, 0.2) is 48.5 Å². The summed E-state index contributed by atoms with van der Waals surface area (Å²) in [5.74, 6) is 0.461. The Labute approximate surface area is 152 Å². The number of benzene rings is 2. The third-order valence-electron chi connectivity index (χ3n) is 3.86. The fraction of sp³-hybridized carbons (Fsp3) is 0.300. The number of carbonyl (C=O) groups excluding carboxylic acids is 2. The SMILES string of the molecule is O=C(COC(=O)CCc1ccccc1)Nc1ccc2c(c1)OCCCO2. The number of nitrogens with one attached hydrogen (secondary N) is 1. The number of anilines is 1. The van der Waals surface area contributed by atoms with Crippen molar-refractivity contribution < 1.29 is 23.8 Å². The van der Waals surface area contributed by atoms with Gasteiger partial charge in [0.1, 0.15) is 0 Å². The van der Waals surface area contributed by atoms with Crippen LogP contribution in [-0.4, -0.2) is 31.7 Å². The minimum atomic E-state index is -0.400. The zero-order valence-electron chi connectivity index (χ0n) is 14.4. The number of aryl methyl sites for hydroxylation is 1. The normalized spacial score (nSPS) is 12.8. The van der Waals surface area contributed by atoms with E-state index in [0.717, 1.165) is 12.0 Å². The highest BCUT2D eigenvalue weighted by Crippen LogP contribution is 2.32. The highest BCUT2D eigenvalue weighted by Gasteiger charge is 2.13. The van der Waals surface area contributed by atoms with Gasteiger partial charge in [0.15, 0.2) is 18.1 Å². The summed E-state index contributed by atoms with van der Waals surface area (Å²) in [7, 11) is 0. The largest absolute Gasteiger partial charge is 0.490 e. The molecule has 0 aromatic heterocycles. The predicted molar refractivity (Wildman–Crippen MR) is 96.4 cm³/mol. The number of hydrogen-bond donors (Lipinski definition) is 1. The summed E-state index contributed by atoms with van der Waals surface area (Å²) in [4.78, 5) is 23.7. The Morgan fingerprint density at radius 3 is 2.58 bits per heavy atom. The van der Waals surface area contributed by atoms with Gasteiger partial charge in [-0.2, -0.15) is 0 Å². The molecular weight excluding hydrogens is 334 g/mol. The van der Waals surface area contributed by atoms with Gasteiger partial charge in [-0.05, 0) is 24.1 Å². The molecule has 1 heterocycles. The lowest BCUT2D eigenvalue weighted by Gasteiger charge is -2.10. The average Bonchev–Trinajstić information content (AvgIpc) is 2.90. The fourth-order valence-corrected chi connectivity index (χ4v) is 2.55. The Balaban J connectivity index is 1.44. The molecular formula is C20H21NO5. The van der Waals surface area contributed by atoms with Gasteiger partial charge in [-0.25, -0.2) is 0 Å².